The molecule has 1 unspecified atom stereocenters. The second-order valence-electron chi connectivity index (χ2n) is 7.35. The molecule has 3 rings (SSSR count). The van der Waals surface area contributed by atoms with Crippen LogP contribution in [-0.2, 0) is 16.1 Å². The van der Waals surface area contributed by atoms with Gasteiger partial charge in [0.15, 0.2) is 5.78 Å². The van der Waals surface area contributed by atoms with Gasteiger partial charge in [0.05, 0.1) is 17.9 Å². The van der Waals surface area contributed by atoms with Gasteiger partial charge in [0.25, 0.3) is 0 Å². The number of Topliss-reactive ketones (excluding diaryl/α,β-unsaturated/α-hetero) is 1. The lowest BCUT2D eigenvalue weighted by Crippen LogP contribution is -2.25. The SMILES string of the molecule is CCO/N=C(/CC)C1=C(O)CC(c2c(C)c(C)c3c(c2C)CCO3)CC1=O. The number of nitrogens with zero attached hydrogens (tertiary/aromatic N) is 1. The van der Waals surface area contributed by atoms with Crippen molar-refractivity contribution in [2.75, 3.05) is 13.2 Å². The molecule has 1 aliphatic carbocycles. The molecule has 0 aromatic heterocycles. The molecule has 0 saturated carbocycles. The van der Waals surface area contributed by atoms with Crippen LogP contribution in [0.1, 0.15) is 66.8 Å². The van der Waals surface area contributed by atoms with Crippen molar-refractivity contribution in [3.63, 3.8) is 0 Å². The third-order valence-corrected chi connectivity index (χ3v) is 5.81. The average Bonchev–Trinajstić information content (AvgIpc) is 3.12. The van der Waals surface area contributed by atoms with E-state index in [9.17, 15) is 9.90 Å². The van der Waals surface area contributed by atoms with Crippen molar-refractivity contribution < 1.29 is 19.5 Å². The van der Waals surface area contributed by atoms with Crippen molar-refractivity contribution in [3.05, 3.63) is 39.1 Å². The van der Waals surface area contributed by atoms with Gasteiger partial charge in [0.1, 0.15) is 18.1 Å². The summed E-state index contributed by atoms with van der Waals surface area (Å²) in [6.07, 6.45) is 2.28. The predicted octanol–water partition coefficient (Wildman–Crippen LogP) is 4.61. The standard InChI is InChI=1S/C22H29NO4/c1-6-17(23-27-7-2)21-18(24)10-15(11-19(21)25)20-12(3)13(4)22-16(14(20)5)8-9-26-22/h15,24H,6-11H2,1-5H3/b23-17-. The van der Waals surface area contributed by atoms with Gasteiger partial charge in [-0.3, -0.25) is 4.79 Å². The van der Waals surface area contributed by atoms with Crippen molar-refractivity contribution in [3.8, 4) is 5.75 Å². The predicted molar refractivity (Wildman–Crippen MR) is 106 cm³/mol. The fourth-order valence-corrected chi connectivity index (χ4v) is 4.43. The van der Waals surface area contributed by atoms with E-state index in [0.29, 0.717) is 43.8 Å². The van der Waals surface area contributed by atoms with Gasteiger partial charge in [-0.1, -0.05) is 12.1 Å². The van der Waals surface area contributed by atoms with Crippen molar-refractivity contribution in [2.45, 2.75) is 66.2 Å². The number of carbonyl (C=O) groups is 1. The van der Waals surface area contributed by atoms with E-state index in [0.717, 1.165) is 17.7 Å². The van der Waals surface area contributed by atoms with Crippen LogP contribution >= 0.6 is 0 Å². The fraction of sp³-hybridized carbons (Fsp3) is 0.545. The molecule has 27 heavy (non-hydrogen) atoms. The maximum Gasteiger partial charge on any atom is 0.168 e. The summed E-state index contributed by atoms with van der Waals surface area (Å²) in [6.45, 7) is 11.2. The third-order valence-electron chi connectivity index (χ3n) is 5.81. The number of oxime groups is 1. The van der Waals surface area contributed by atoms with Gasteiger partial charge in [0, 0.05) is 24.8 Å². The van der Waals surface area contributed by atoms with Gasteiger partial charge in [-0.25, -0.2) is 0 Å². The maximum absolute atomic E-state index is 12.9. The van der Waals surface area contributed by atoms with Gasteiger partial charge < -0.3 is 14.7 Å². The molecule has 5 nitrogen and oxygen atoms in total. The molecule has 0 radical (unpaired) electrons. The molecular weight excluding hydrogens is 342 g/mol. The monoisotopic (exact) mass is 371 g/mol. The molecule has 1 atom stereocenters. The Labute approximate surface area is 161 Å². The van der Waals surface area contributed by atoms with E-state index in [1.165, 1.54) is 22.3 Å². The lowest BCUT2D eigenvalue weighted by atomic mass is 9.76. The lowest BCUT2D eigenvalue weighted by molar-refractivity contribution is -0.116. The molecule has 0 bridgehead atoms. The Balaban J connectivity index is 2.01. The van der Waals surface area contributed by atoms with Gasteiger partial charge in [-0.2, -0.15) is 0 Å². The van der Waals surface area contributed by atoms with E-state index < -0.39 is 0 Å². The Kier molecular flexibility index (Phi) is 5.59. The topological polar surface area (TPSA) is 68.1 Å². The highest BCUT2D eigenvalue weighted by molar-refractivity contribution is 6.23. The largest absolute Gasteiger partial charge is 0.511 e. The number of hydrogen-bond acceptors (Lipinski definition) is 5. The van der Waals surface area contributed by atoms with Crippen LogP contribution in [-0.4, -0.2) is 29.8 Å². The van der Waals surface area contributed by atoms with Crippen LogP contribution in [0.15, 0.2) is 16.5 Å². The number of aliphatic hydroxyl groups excluding tert-OH is 1. The number of allylic oxidation sites excluding steroid dienone is 2. The van der Waals surface area contributed by atoms with Crippen molar-refractivity contribution in [1.82, 2.24) is 0 Å². The van der Waals surface area contributed by atoms with Gasteiger partial charge in [-0.05, 0) is 62.3 Å². The molecule has 0 amide bonds. The van der Waals surface area contributed by atoms with Crippen LogP contribution in [0.5, 0.6) is 5.75 Å². The van der Waals surface area contributed by atoms with Gasteiger partial charge in [-0.15, -0.1) is 0 Å². The zero-order chi connectivity index (χ0) is 19.7. The van der Waals surface area contributed by atoms with E-state index in [2.05, 4.69) is 25.9 Å². The average molecular weight is 371 g/mol. The highest BCUT2D eigenvalue weighted by Crippen LogP contribution is 2.44. The van der Waals surface area contributed by atoms with Crippen LogP contribution < -0.4 is 4.74 Å². The van der Waals surface area contributed by atoms with Crippen molar-refractivity contribution >= 4 is 11.5 Å². The molecule has 0 saturated heterocycles. The minimum atomic E-state index is -0.0581. The van der Waals surface area contributed by atoms with Gasteiger partial charge in [0.2, 0.25) is 0 Å². The first kappa shape index (κ1) is 19.5. The van der Waals surface area contributed by atoms with Crippen LogP contribution in [0.25, 0.3) is 0 Å². The van der Waals surface area contributed by atoms with Crippen LogP contribution in [0.4, 0.5) is 0 Å². The van der Waals surface area contributed by atoms with Crippen molar-refractivity contribution in [1.29, 1.82) is 0 Å². The van der Waals surface area contributed by atoms with E-state index >= 15 is 0 Å². The number of ether oxygens (including phenoxy) is 1. The Bertz CT molecular complexity index is 835. The molecule has 2 aliphatic rings. The summed E-state index contributed by atoms with van der Waals surface area (Å²) < 4.78 is 5.82. The lowest BCUT2D eigenvalue weighted by Gasteiger charge is -2.28. The number of benzene rings is 1. The quantitative estimate of drug-likeness (QED) is 0.606. The second kappa shape index (κ2) is 7.75. The van der Waals surface area contributed by atoms with E-state index in [1.807, 2.05) is 13.8 Å². The fourth-order valence-electron chi connectivity index (χ4n) is 4.43. The number of rotatable bonds is 5. The summed E-state index contributed by atoms with van der Waals surface area (Å²) in [7, 11) is 0. The Morgan fingerprint density at radius 1 is 1.19 bits per heavy atom. The number of fused-ring (bicyclic) bond motifs is 1. The van der Waals surface area contributed by atoms with Gasteiger partial charge >= 0.3 is 0 Å². The number of aliphatic hydroxyl groups is 1. The first-order chi connectivity index (χ1) is 12.9. The first-order valence-electron chi connectivity index (χ1n) is 9.80. The zero-order valence-electron chi connectivity index (χ0n) is 16.9. The Morgan fingerprint density at radius 3 is 2.56 bits per heavy atom. The molecular formula is C22H29NO4. The third kappa shape index (κ3) is 3.35. The second-order valence-corrected chi connectivity index (χ2v) is 7.35. The molecule has 1 heterocycles. The van der Waals surface area contributed by atoms with E-state index in [-0.39, 0.29) is 17.5 Å². The zero-order valence-corrected chi connectivity index (χ0v) is 16.9. The molecule has 5 heteroatoms. The molecule has 146 valence electrons. The first-order valence-corrected chi connectivity index (χ1v) is 9.80. The van der Waals surface area contributed by atoms with E-state index in [4.69, 9.17) is 9.57 Å². The number of carbonyl (C=O) groups excluding carboxylic acids is 1. The summed E-state index contributed by atoms with van der Waals surface area (Å²) >= 11 is 0. The minimum absolute atomic E-state index is 0.0175. The number of hydrogen-bond donors (Lipinski definition) is 1. The minimum Gasteiger partial charge on any atom is -0.511 e. The highest BCUT2D eigenvalue weighted by atomic mass is 16.6. The van der Waals surface area contributed by atoms with Crippen LogP contribution in [0.2, 0.25) is 0 Å². The van der Waals surface area contributed by atoms with Crippen LogP contribution in [0, 0.1) is 20.8 Å². The summed E-state index contributed by atoms with van der Waals surface area (Å²) in [5, 5.41) is 14.8. The maximum atomic E-state index is 12.9. The van der Waals surface area contributed by atoms with Crippen molar-refractivity contribution in [2.24, 2.45) is 5.16 Å². The Hall–Kier alpha value is -2.30. The number of ketones is 1. The van der Waals surface area contributed by atoms with Crippen LogP contribution in [0.3, 0.4) is 0 Å². The summed E-state index contributed by atoms with van der Waals surface area (Å²) in [4.78, 5) is 18.0. The molecule has 1 aromatic carbocycles. The summed E-state index contributed by atoms with van der Waals surface area (Å²) in [6, 6.07) is 0. The Morgan fingerprint density at radius 2 is 1.93 bits per heavy atom. The van der Waals surface area contributed by atoms with E-state index in [1.54, 1.807) is 0 Å². The molecule has 0 spiro atoms. The normalized spacial score (nSPS) is 20.0. The smallest absolute Gasteiger partial charge is 0.168 e. The summed E-state index contributed by atoms with van der Waals surface area (Å²) in [5.74, 6) is 1.06. The molecule has 1 N–H and O–H groups in total. The molecule has 0 fully saturated rings. The summed E-state index contributed by atoms with van der Waals surface area (Å²) in [5.41, 5.74) is 6.84. The highest BCUT2D eigenvalue weighted by Gasteiger charge is 2.34. The molecule has 1 aliphatic heterocycles. The molecule has 1 aromatic rings.